The molecule has 0 aliphatic carbocycles. The van der Waals surface area contributed by atoms with Gasteiger partial charge in [0.2, 0.25) is 11.7 Å². The van der Waals surface area contributed by atoms with E-state index in [1.807, 2.05) is 17.5 Å². The molecule has 0 spiro atoms. The lowest BCUT2D eigenvalue weighted by Crippen LogP contribution is -1.99. The fourth-order valence-corrected chi connectivity index (χ4v) is 1.61. The standard InChI is InChI=1S/C8H6N2O3S/c11-7(12)4-6-9-8(10-13-6)5-2-1-3-14-5/h1-3H,4H2,(H,11,12). The number of aliphatic carboxylic acids is 1. The molecule has 0 aromatic carbocycles. The summed E-state index contributed by atoms with van der Waals surface area (Å²) in [5, 5.41) is 14.0. The maximum Gasteiger partial charge on any atom is 0.312 e. The van der Waals surface area contributed by atoms with E-state index in [1.54, 1.807) is 0 Å². The topological polar surface area (TPSA) is 76.2 Å². The first-order chi connectivity index (χ1) is 6.75. The van der Waals surface area contributed by atoms with Gasteiger partial charge in [-0.2, -0.15) is 4.98 Å². The molecule has 5 nitrogen and oxygen atoms in total. The third kappa shape index (κ3) is 1.80. The second-order valence-corrected chi connectivity index (χ2v) is 3.51. The Kier molecular flexibility index (Phi) is 2.28. The fourth-order valence-electron chi connectivity index (χ4n) is 0.962. The summed E-state index contributed by atoms with van der Waals surface area (Å²) in [6.45, 7) is 0. The number of carboxylic acids is 1. The Morgan fingerprint density at radius 3 is 3.14 bits per heavy atom. The summed E-state index contributed by atoms with van der Waals surface area (Å²) in [5.74, 6) is -0.413. The van der Waals surface area contributed by atoms with E-state index in [2.05, 4.69) is 10.1 Å². The van der Waals surface area contributed by atoms with Crippen molar-refractivity contribution in [1.82, 2.24) is 10.1 Å². The highest BCUT2D eigenvalue weighted by atomic mass is 32.1. The van der Waals surface area contributed by atoms with E-state index in [-0.39, 0.29) is 12.3 Å². The van der Waals surface area contributed by atoms with Crippen LogP contribution < -0.4 is 0 Å². The van der Waals surface area contributed by atoms with Crippen molar-refractivity contribution >= 4 is 17.3 Å². The molecule has 0 bridgehead atoms. The van der Waals surface area contributed by atoms with Gasteiger partial charge in [0.15, 0.2) is 0 Å². The zero-order valence-corrected chi connectivity index (χ0v) is 7.82. The third-order valence-electron chi connectivity index (χ3n) is 1.51. The molecule has 14 heavy (non-hydrogen) atoms. The minimum atomic E-state index is -0.980. The monoisotopic (exact) mass is 210 g/mol. The Morgan fingerprint density at radius 2 is 2.50 bits per heavy atom. The lowest BCUT2D eigenvalue weighted by atomic mass is 10.4. The molecule has 2 rings (SSSR count). The maximum absolute atomic E-state index is 10.3. The number of nitrogens with zero attached hydrogens (tertiary/aromatic N) is 2. The maximum atomic E-state index is 10.3. The van der Waals surface area contributed by atoms with Crippen LogP contribution in [0.4, 0.5) is 0 Å². The SMILES string of the molecule is O=C(O)Cc1nc(-c2cccs2)no1. The van der Waals surface area contributed by atoms with Crippen LogP contribution in [0.3, 0.4) is 0 Å². The number of hydrogen-bond donors (Lipinski definition) is 1. The molecule has 0 unspecified atom stereocenters. The molecule has 0 saturated carbocycles. The lowest BCUT2D eigenvalue weighted by molar-refractivity contribution is -0.136. The van der Waals surface area contributed by atoms with Crippen LogP contribution in [-0.4, -0.2) is 21.2 Å². The van der Waals surface area contributed by atoms with Gasteiger partial charge >= 0.3 is 5.97 Å². The van der Waals surface area contributed by atoms with Crippen LogP contribution in [-0.2, 0) is 11.2 Å². The van der Waals surface area contributed by atoms with Crippen LogP contribution in [0.25, 0.3) is 10.7 Å². The number of carboxylic acid groups (broad SMARTS) is 1. The molecule has 1 N–H and O–H groups in total. The molecule has 2 heterocycles. The van der Waals surface area contributed by atoms with Gasteiger partial charge < -0.3 is 9.63 Å². The Bertz CT molecular complexity index is 435. The summed E-state index contributed by atoms with van der Waals surface area (Å²) in [6.07, 6.45) is -0.238. The second-order valence-electron chi connectivity index (χ2n) is 2.56. The van der Waals surface area contributed by atoms with Crippen molar-refractivity contribution in [2.24, 2.45) is 0 Å². The molecule has 0 amide bonds. The molecule has 2 aromatic heterocycles. The average Bonchev–Trinajstić information content (AvgIpc) is 2.69. The van der Waals surface area contributed by atoms with Gasteiger partial charge in [-0.25, -0.2) is 0 Å². The third-order valence-corrected chi connectivity index (χ3v) is 2.38. The Labute approximate surface area is 83.0 Å². The molecular weight excluding hydrogens is 204 g/mol. The van der Waals surface area contributed by atoms with E-state index in [4.69, 9.17) is 9.63 Å². The Hall–Kier alpha value is -1.69. The minimum absolute atomic E-state index is 0.126. The summed E-state index contributed by atoms with van der Waals surface area (Å²) >= 11 is 1.48. The van der Waals surface area contributed by atoms with Gasteiger partial charge in [-0.1, -0.05) is 11.2 Å². The summed E-state index contributed by atoms with van der Waals surface area (Å²) in [4.78, 5) is 15.2. The largest absolute Gasteiger partial charge is 0.481 e. The van der Waals surface area contributed by atoms with Crippen LogP contribution in [0.1, 0.15) is 5.89 Å². The highest BCUT2D eigenvalue weighted by molar-refractivity contribution is 7.13. The van der Waals surface area contributed by atoms with E-state index < -0.39 is 5.97 Å². The van der Waals surface area contributed by atoms with Crippen molar-refractivity contribution in [3.63, 3.8) is 0 Å². The first kappa shape index (κ1) is 8.89. The van der Waals surface area contributed by atoms with Crippen LogP contribution >= 0.6 is 11.3 Å². The molecule has 72 valence electrons. The zero-order valence-electron chi connectivity index (χ0n) is 7.01. The molecule has 0 aliphatic heterocycles. The molecule has 0 atom stereocenters. The summed E-state index contributed by atoms with van der Waals surface area (Å²) in [6, 6.07) is 3.72. The van der Waals surface area contributed by atoms with E-state index >= 15 is 0 Å². The molecular formula is C8H6N2O3S. The molecule has 0 aliphatic rings. The van der Waals surface area contributed by atoms with Crippen molar-refractivity contribution in [2.45, 2.75) is 6.42 Å². The highest BCUT2D eigenvalue weighted by Crippen LogP contribution is 2.21. The number of thiophene rings is 1. The van der Waals surface area contributed by atoms with Gasteiger partial charge in [0.25, 0.3) is 0 Å². The molecule has 0 fully saturated rings. The predicted octanol–water partition coefficient (Wildman–Crippen LogP) is 1.43. The Morgan fingerprint density at radius 1 is 1.64 bits per heavy atom. The van der Waals surface area contributed by atoms with Crippen molar-refractivity contribution in [3.05, 3.63) is 23.4 Å². The van der Waals surface area contributed by atoms with E-state index in [0.29, 0.717) is 5.82 Å². The van der Waals surface area contributed by atoms with Crippen molar-refractivity contribution in [1.29, 1.82) is 0 Å². The average molecular weight is 210 g/mol. The Balaban J connectivity index is 2.22. The van der Waals surface area contributed by atoms with Crippen molar-refractivity contribution in [3.8, 4) is 10.7 Å². The second kappa shape index (κ2) is 3.59. The first-order valence-electron chi connectivity index (χ1n) is 3.84. The van der Waals surface area contributed by atoms with Crippen molar-refractivity contribution < 1.29 is 14.4 Å². The summed E-state index contributed by atoms with van der Waals surface area (Å²) in [5.41, 5.74) is 0. The normalized spacial score (nSPS) is 10.3. The van der Waals surface area contributed by atoms with Gasteiger partial charge in [0.1, 0.15) is 6.42 Å². The van der Waals surface area contributed by atoms with Crippen LogP contribution in [0.2, 0.25) is 0 Å². The smallest absolute Gasteiger partial charge is 0.312 e. The van der Waals surface area contributed by atoms with Crippen molar-refractivity contribution in [2.75, 3.05) is 0 Å². The van der Waals surface area contributed by atoms with Gasteiger partial charge in [-0.3, -0.25) is 4.79 Å². The van der Waals surface area contributed by atoms with E-state index in [0.717, 1.165) is 4.88 Å². The van der Waals surface area contributed by atoms with Crippen LogP contribution in [0, 0.1) is 0 Å². The van der Waals surface area contributed by atoms with E-state index in [9.17, 15) is 4.79 Å². The number of aromatic nitrogens is 2. The molecule has 0 saturated heterocycles. The van der Waals surface area contributed by atoms with Gasteiger partial charge in [-0.15, -0.1) is 11.3 Å². The first-order valence-corrected chi connectivity index (χ1v) is 4.72. The van der Waals surface area contributed by atoms with Gasteiger partial charge in [-0.05, 0) is 11.4 Å². The lowest BCUT2D eigenvalue weighted by Gasteiger charge is -1.83. The van der Waals surface area contributed by atoms with Crippen LogP contribution in [0.15, 0.2) is 22.0 Å². The summed E-state index contributed by atoms with van der Waals surface area (Å²) in [7, 11) is 0. The summed E-state index contributed by atoms with van der Waals surface area (Å²) < 4.78 is 4.76. The molecule has 6 heteroatoms. The van der Waals surface area contributed by atoms with E-state index in [1.165, 1.54) is 11.3 Å². The highest BCUT2D eigenvalue weighted by Gasteiger charge is 2.11. The number of carbonyl (C=O) groups is 1. The quantitative estimate of drug-likeness (QED) is 0.829. The minimum Gasteiger partial charge on any atom is -0.481 e. The van der Waals surface area contributed by atoms with Crippen LogP contribution in [0.5, 0.6) is 0 Å². The molecule has 0 radical (unpaired) electrons. The van der Waals surface area contributed by atoms with Gasteiger partial charge in [0.05, 0.1) is 4.88 Å². The van der Waals surface area contributed by atoms with Gasteiger partial charge in [0, 0.05) is 0 Å². The predicted molar refractivity (Wildman–Crippen MR) is 49.0 cm³/mol. The number of rotatable bonds is 3. The molecule has 2 aromatic rings. The fraction of sp³-hybridized carbons (Fsp3) is 0.125. The number of hydrogen-bond acceptors (Lipinski definition) is 5. The zero-order chi connectivity index (χ0) is 9.97.